The predicted octanol–water partition coefficient (Wildman–Crippen LogP) is 1.63. The Morgan fingerprint density at radius 3 is 2.19 bits per heavy atom. The average molecular weight is 252 g/mol. The summed E-state index contributed by atoms with van der Waals surface area (Å²) in [6, 6.07) is -0.345. The topological polar surface area (TPSA) is 49.8 Å². The van der Waals surface area contributed by atoms with Gasteiger partial charge in [0, 0.05) is 20.2 Å². The summed E-state index contributed by atoms with van der Waals surface area (Å²) in [7, 11) is 1.72. The largest absolute Gasteiger partial charge is 0.480 e. The third-order valence-corrected chi connectivity index (χ3v) is 3.09. The van der Waals surface area contributed by atoms with E-state index >= 15 is 0 Å². The van der Waals surface area contributed by atoms with Gasteiger partial charge in [-0.15, -0.1) is 12.4 Å². The number of piperidine rings is 1. The van der Waals surface area contributed by atoms with E-state index < -0.39 is 5.97 Å². The van der Waals surface area contributed by atoms with Crippen LogP contribution < -0.4 is 0 Å². The molecule has 0 aliphatic carbocycles. The second kappa shape index (κ2) is 7.09. The number of carboxylic acid groups (broad SMARTS) is 1. The lowest BCUT2D eigenvalue weighted by molar-refractivity contribution is -0.146. The molecule has 1 heterocycles. The van der Waals surface area contributed by atoms with Crippen molar-refractivity contribution < 1.29 is 14.6 Å². The molecule has 1 N–H and O–H groups in total. The number of hydrogen-bond acceptors (Lipinski definition) is 3. The summed E-state index contributed by atoms with van der Waals surface area (Å²) >= 11 is 0. The van der Waals surface area contributed by atoms with Crippen LogP contribution in [0.2, 0.25) is 0 Å². The molecule has 1 aliphatic rings. The van der Waals surface area contributed by atoms with Crippen molar-refractivity contribution in [2.75, 3.05) is 20.2 Å². The van der Waals surface area contributed by atoms with Gasteiger partial charge in [-0.2, -0.15) is 0 Å². The van der Waals surface area contributed by atoms with Crippen LogP contribution in [0, 0.1) is 5.92 Å². The SMILES string of the molecule is COC1CCN(C(C(=O)O)C(C)C)CC1.Cl. The highest BCUT2D eigenvalue weighted by molar-refractivity contribution is 5.85. The quantitative estimate of drug-likeness (QED) is 0.825. The Morgan fingerprint density at radius 1 is 1.38 bits per heavy atom. The number of nitrogens with zero attached hydrogens (tertiary/aromatic N) is 1. The molecule has 0 saturated carbocycles. The molecule has 1 rings (SSSR count). The maximum absolute atomic E-state index is 11.1. The zero-order valence-corrected chi connectivity index (χ0v) is 11.0. The Morgan fingerprint density at radius 2 is 1.88 bits per heavy atom. The van der Waals surface area contributed by atoms with Gasteiger partial charge in [-0.3, -0.25) is 9.69 Å². The highest BCUT2D eigenvalue weighted by Crippen LogP contribution is 2.19. The van der Waals surface area contributed by atoms with Gasteiger partial charge in [0.2, 0.25) is 0 Å². The minimum Gasteiger partial charge on any atom is -0.480 e. The molecule has 0 bridgehead atoms. The summed E-state index contributed by atoms with van der Waals surface area (Å²) in [5.74, 6) is -0.553. The Labute approximate surface area is 103 Å². The Hall–Kier alpha value is -0.320. The Bertz CT molecular complexity index is 215. The van der Waals surface area contributed by atoms with Crippen LogP contribution in [0.5, 0.6) is 0 Å². The van der Waals surface area contributed by atoms with Crippen LogP contribution in [0.1, 0.15) is 26.7 Å². The number of halogens is 1. The highest BCUT2D eigenvalue weighted by atomic mass is 35.5. The molecule has 1 unspecified atom stereocenters. The van der Waals surface area contributed by atoms with Crippen molar-refractivity contribution in [1.29, 1.82) is 0 Å². The molecule has 0 amide bonds. The average Bonchev–Trinajstić information content (AvgIpc) is 2.18. The first kappa shape index (κ1) is 15.7. The first-order valence-electron chi connectivity index (χ1n) is 5.56. The Kier molecular flexibility index (Phi) is 6.95. The molecule has 0 aromatic heterocycles. The van der Waals surface area contributed by atoms with E-state index in [0.29, 0.717) is 6.10 Å². The van der Waals surface area contributed by atoms with Crippen molar-refractivity contribution in [3.63, 3.8) is 0 Å². The number of methoxy groups -OCH3 is 1. The summed E-state index contributed by atoms with van der Waals surface area (Å²) in [6.07, 6.45) is 2.18. The van der Waals surface area contributed by atoms with Crippen molar-refractivity contribution in [3.05, 3.63) is 0 Å². The van der Waals surface area contributed by atoms with Crippen molar-refractivity contribution >= 4 is 18.4 Å². The van der Waals surface area contributed by atoms with Gasteiger partial charge in [-0.1, -0.05) is 13.8 Å². The third kappa shape index (κ3) is 3.92. The summed E-state index contributed by atoms with van der Waals surface area (Å²) in [5.41, 5.74) is 0. The van der Waals surface area contributed by atoms with Crippen molar-refractivity contribution in [1.82, 2.24) is 4.90 Å². The second-order valence-corrected chi connectivity index (χ2v) is 4.50. The number of hydrogen-bond donors (Lipinski definition) is 1. The molecule has 1 fully saturated rings. The lowest BCUT2D eigenvalue weighted by Crippen LogP contribution is -2.49. The van der Waals surface area contributed by atoms with Gasteiger partial charge < -0.3 is 9.84 Å². The van der Waals surface area contributed by atoms with Gasteiger partial charge in [-0.25, -0.2) is 0 Å². The molecule has 1 aliphatic heterocycles. The van der Waals surface area contributed by atoms with Gasteiger partial charge in [-0.05, 0) is 18.8 Å². The van der Waals surface area contributed by atoms with Crippen molar-refractivity contribution in [3.8, 4) is 0 Å². The van der Waals surface area contributed by atoms with E-state index in [4.69, 9.17) is 9.84 Å². The number of likely N-dealkylation sites (tertiary alicyclic amines) is 1. The molecular weight excluding hydrogens is 230 g/mol. The minimum atomic E-state index is -0.708. The molecule has 1 saturated heterocycles. The minimum absolute atomic E-state index is 0. The van der Waals surface area contributed by atoms with Crippen LogP contribution in [0.25, 0.3) is 0 Å². The summed E-state index contributed by atoms with van der Waals surface area (Å²) in [5, 5.41) is 9.15. The van der Waals surface area contributed by atoms with Crippen LogP contribution in [-0.4, -0.2) is 48.3 Å². The monoisotopic (exact) mass is 251 g/mol. The van der Waals surface area contributed by atoms with Gasteiger partial charge in [0.25, 0.3) is 0 Å². The van der Waals surface area contributed by atoms with Crippen LogP contribution in [0.4, 0.5) is 0 Å². The van der Waals surface area contributed by atoms with E-state index in [1.54, 1.807) is 7.11 Å². The molecule has 1 atom stereocenters. The van der Waals surface area contributed by atoms with E-state index in [9.17, 15) is 4.79 Å². The number of rotatable bonds is 4. The normalized spacial score (nSPS) is 20.5. The maximum Gasteiger partial charge on any atom is 0.321 e. The van der Waals surface area contributed by atoms with E-state index in [2.05, 4.69) is 4.90 Å². The summed E-state index contributed by atoms with van der Waals surface area (Å²) < 4.78 is 5.27. The van der Waals surface area contributed by atoms with Gasteiger partial charge >= 0.3 is 5.97 Å². The van der Waals surface area contributed by atoms with E-state index in [1.807, 2.05) is 13.8 Å². The molecule has 0 spiro atoms. The Balaban J connectivity index is 0.00000225. The summed E-state index contributed by atoms with van der Waals surface area (Å²) in [4.78, 5) is 13.2. The van der Waals surface area contributed by atoms with E-state index in [1.165, 1.54) is 0 Å². The number of carboxylic acids is 1. The van der Waals surface area contributed by atoms with Crippen molar-refractivity contribution in [2.24, 2.45) is 5.92 Å². The lowest BCUT2D eigenvalue weighted by Gasteiger charge is -2.36. The number of ether oxygens (including phenoxy) is 1. The van der Waals surface area contributed by atoms with E-state index in [0.717, 1.165) is 25.9 Å². The molecule has 4 nitrogen and oxygen atoms in total. The fourth-order valence-electron chi connectivity index (χ4n) is 2.25. The van der Waals surface area contributed by atoms with Crippen LogP contribution in [-0.2, 0) is 9.53 Å². The van der Waals surface area contributed by atoms with Crippen LogP contribution >= 0.6 is 12.4 Å². The van der Waals surface area contributed by atoms with Crippen LogP contribution in [0.3, 0.4) is 0 Å². The predicted molar refractivity (Wildman–Crippen MR) is 65.1 cm³/mol. The van der Waals surface area contributed by atoms with E-state index in [-0.39, 0.29) is 24.4 Å². The standard InChI is InChI=1S/C11H21NO3.ClH/c1-8(2)10(11(13)14)12-6-4-9(15-3)5-7-12;/h8-10H,4-7H2,1-3H3,(H,13,14);1H. The fourth-order valence-corrected chi connectivity index (χ4v) is 2.25. The molecule has 0 aromatic rings. The lowest BCUT2D eigenvalue weighted by atomic mass is 9.98. The second-order valence-electron chi connectivity index (χ2n) is 4.50. The number of carbonyl (C=O) groups is 1. The molecular formula is C11H22ClNO3. The van der Waals surface area contributed by atoms with Gasteiger partial charge in [0.1, 0.15) is 6.04 Å². The molecule has 0 radical (unpaired) electrons. The fraction of sp³-hybridized carbons (Fsp3) is 0.909. The molecule has 16 heavy (non-hydrogen) atoms. The highest BCUT2D eigenvalue weighted by Gasteiger charge is 2.31. The first-order valence-corrected chi connectivity index (χ1v) is 5.56. The van der Waals surface area contributed by atoms with Gasteiger partial charge in [0.05, 0.1) is 6.10 Å². The molecule has 96 valence electrons. The molecule has 0 aromatic carbocycles. The smallest absolute Gasteiger partial charge is 0.321 e. The number of aliphatic carboxylic acids is 1. The zero-order chi connectivity index (χ0) is 11.4. The first-order chi connectivity index (χ1) is 7.06. The zero-order valence-electron chi connectivity index (χ0n) is 10.2. The van der Waals surface area contributed by atoms with Crippen molar-refractivity contribution in [2.45, 2.75) is 38.8 Å². The third-order valence-electron chi connectivity index (χ3n) is 3.09. The van der Waals surface area contributed by atoms with Crippen LogP contribution in [0.15, 0.2) is 0 Å². The molecule has 5 heteroatoms. The summed E-state index contributed by atoms with van der Waals surface area (Å²) in [6.45, 7) is 5.57. The maximum atomic E-state index is 11.1. The van der Waals surface area contributed by atoms with Gasteiger partial charge in [0.15, 0.2) is 0 Å².